The van der Waals surface area contributed by atoms with Crippen molar-refractivity contribution in [1.82, 2.24) is 9.78 Å². The molecule has 11 heteroatoms. The topological polar surface area (TPSA) is 65.4 Å². The van der Waals surface area contributed by atoms with Gasteiger partial charge in [-0.25, -0.2) is 22.0 Å². The number of rotatable bonds is 9. The lowest BCUT2D eigenvalue weighted by Crippen LogP contribution is -2.12. The van der Waals surface area contributed by atoms with Crippen LogP contribution in [0.3, 0.4) is 0 Å². The van der Waals surface area contributed by atoms with Crippen LogP contribution in [-0.4, -0.2) is 22.8 Å². The maximum absolute atomic E-state index is 13.9. The predicted molar refractivity (Wildman–Crippen MR) is 134 cm³/mol. The molecular formula is C28H22F5N3O3. The number of nitrogens with zero attached hydrogens (tertiary/aromatic N) is 2. The van der Waals surface area contributed by atoms with Crippen LogP contribution in [0.2, 0.25) is 0 Å². The van der Waals surface area contributed by atoms with E-state index >= 15 is 0 Å². The van der Waals surface area contributed by atoms with Crippen LogP contribution in [0.25, 0.3) is 6.08 Å². The molecule has 0 aliphatic rings. The summed E-state index contributed by atoms with van der Waals surface area (Å²) in [6.45, 7) is 1.46. The lowest BCUT2D eigenvalue weighted by molar-refractivity contribution is -0.111. The van der Waals surface area contributed by atoms with Gasteiger partial charge in [-0.15, -0.1) is 0 Å². The SMILES string of the molecule is COc1ccc(/C=C/C(=O)Nc2ccn(Cc3c(F)c(F)c(F)c(F)c3F)n2)cc1COc1cccc(C)c1. The highest BCUT2D eigenvalue weighted by atomic mass is 19.2. The number of ether oxygens (including phenoxy) is 2. The van der Waals surface area contributed by atoms with Crippen LogP contribution in [0.1, 0.15) is 22.3 Å². The molecule has 3 aromatic carbocycles. The quantitative estimate of drug-likeness (QED) is 0.119. The van der Waals surface area contributed by atoms with E-state index < -0.39 is 47.1 Å². The Morgan fingerprint density at radius 2 is 1.69 bits per heavy atom. The van der Waals surface area contributed by atoms with E-state index in [-0.39, 0.29) is 12.4 Å². The number of hydrogen-bond acceptors (Lipinski definition) is 4. The normalized spacial score (nSPS) is 11.2. The number of aromatic nitrogens is 2. The molecule has 0 aliphatic carbocycles. The summed E-state index contributed by atoms with van der Waals surface area (Å²) >= 11 is 0. The standard InChI is InChI=1S/C28H22F5N3O3/c1-16-4-3-5-19(12-16)39-15-18-13-17(6-8-21(18)38-2)7-9-23(37)34-22-10-11-36(35-22)14-20-24(29)26(31)28(33)27(32)25(20)30/h3-13H,14-15H2,1-2H3,(H,34,35,37)/b9-7+. The van der Waals surface area contributed by atoms with Gasteiger partial charge in [0.05, 0.1) is 19.2 Å². The second-order valence-corrected chi connectivity index (χ2v) is 8.45. The molecule has 1 N–H and O–H groups in total. The number of amides is 1. The minimum absolute atomic E-state index is 0.00972. The van der Waals surface area contributed by atoms with E-state index in [1.54, 1.807) is 31.4 Å². The predicted octanol–water partition coefficient (Wildman–Crippen LogP) is 6.17. The third-order valence-electron chi connectivity index (χ3n) is 5.63. The van der Waals surface area contributed by atoms with Crippen molar-refractivity contribution in [2.24, 2.45) is 0 Å². The first kappa shape index (κ1) is 27.4. The maximum Gasteiger partial charge on any atom is 0.249 e. The minimum atomic E-state index is -2.24. The molecule has 0 saturated heterocycles. The van der Waals surface area contributed by atoms with Gasteiger partial charge in [-0.3, -0.25) is 9.48 Å². The highest BCUT2D eigenvalue weighted by Gasteiger charge is 2.26. The van der Waals surface area contributed by atoms with Crippen molar-refractivity contribution in [3.05, 3.63) is 112 Å². The van der Waals surface area contributed by atoms with Gasteiger partial charge >= 0.3 is 0 Å². The molecule has 1 amide bonds. The Morgan fingerprint density at radius 3 is 2.38 bits per heavy atom. The molecule has 39 heavy (non-hydrogen) atoms. The summed E-state index contributed by atoms with van der Waals surface area (Å²) in [5, 5.41) is 6.37. The van der Waals surface area contributed by atoms with Gasteiger partial charge in [0, 0.05) is 23.9 Å². The fourth-order valence-corrected chi connectivity index (χ4v) is 3.69. The summed E-state index contributed by atoms with van der Waals surface area (Å²) in [5.41, 5.74) is 1.46. The second-order valence-electron chi connectivity index (χ2n) is 8.45. The number of carbonyl (C=O) groups is 1. The van der Waals surface area contributed by atoms with Crippen LogP contribution in [0, 0.1) is 36.0 Å². The van der Waals surface area contributed by atoms with Crippen molar-refractivity contribution >= 4 is 17.8 Å². The Morgan fingerprint density at radius 1 is 0.974 bits per heavy atom. The molecule has 1 heterocycles. The molecule has 6 nitrogen and oxygen atoms in total. The Hall–Kier alpha value is -4.67. The number of halogens is 5. The number of hydrogen-bond donors (Lipinski definition) is 1. The van der Waals surface area contributed by atoms with E-state index in [1.165, 1.54) is 18.3 Å². The molecule has 0 unspecified atom stereocenters. The largest absolute Gasteiger partial charge is 0.496 e. The van der Waals surface area contributed by atoms with E-state index in [9.17, 15) is 26.7 Å². The van der Waals surface area contributed by atoms with E-state index in [2.05, 4.69) is 10.4 Å². The van der Waals surface area contributed by atoms with Gasteiger partial charge in [-0.1, -0.05) is 18.2 Å². The molecule has 4 aromatic rings. The van der Waals surface area contributed by atoms with Crippen LogP contribution < -0.4 is 14.8 Å². The van der Waals surface area contributed by atoms with Gasteiger partial charge in [0.1, 0.15) is 18.1 Å². The van der Waals surface area contributed by atoms with Crippen molar-refractivity contribution in [1.29, 1.82) is 0 Å². The van der Waals surface area contributed by atoms with Gasteiger partial charge in [-0.2, -0.15) is 5.10 Å². The monoisotopic (exact) mass is 543 g/mol. The summed E-state index contributed by atoms with van der Waals surface area (Å²) in [5.74, 6) is -9.45. The molecule has 4 rings (SSSR count). The molecule has 0 bridgehead atoms. The number of carbonyl (C=O) groups excluding carboxylic acids is 1. The van der Waals surface area contributed by atoms with Crippen LogP contribution in [0.4, 0.5) is 27.8 Å². The highest BCUT2D eigenvalue weighted by Crippen LogP contribution is 2.25. The summed E-state index contributed by atoms with van der Waals surface area (Å²) < 4.78 is 80.2. The first-order chi connectivity index (χ1) is 18.7. The maximum atomic E-state index is 13.9. The van der Waals surface area contributed by atoms with E-state index in [1.807, 2.05) is 31.2 Å². The molecular weight excluding hydrogens is 521 g/mol. The van der Waals surface area contributed by atoms with Crippen LogP contribution in [0.15, 0.2) is 60.8 Å². The van der Waals surface area contributed by atoms with Crippen LogP contribution >= 0.6 is 0 Å². The molecule has 0 radical (unpaired) electrons. The smallest absolute Gasteiger partial charge is 0.249 e. The zero-order valence-electron chi connectivity index (χ0n) is 20.8. The number of aryl methyl sites for hydroxylation is 1. The van der Waals surface area contributed by atoms with Crippen molar-refractivity contribution in [3.8, 4) is 11.5 Å². The van der Waals surface area contributed by atoms with E-state index in [0.29, 0.717) is 17.1 Å². The molecule has 0 fully saturated rings. The van der Waals surface area contributed by atoms with E-state index in [4.69, 9.17) is 9.47 Å². The Bertz CT molecular complexity index is 1520. The zero-order valence-corrected chi connectivity index (χ0v) is 20.8. The molecule has 0 spiro atoms. The third kappa shape index (κ3) is 6.43. The Balaban J connectivity index is 1.41. The molecule has 202 valence electrons. The van der Waals surface area contributed by atoms with Gasteiger partial charge in [-0.05, 0) is 48.4 Å². The number of anilines is 1. The average Bonchev–Trinajstić information content (AvgIpc) is 3.37. The van der Waals surface area contributed by atoms with Crippen molar-refractivity contribution in [3.63, 3.8) is 0 Å². The second kappa shape index (κ2) is 11.8. The minimum Gasteiger partial charge on any atom is -0.496 e. The van der Waals surface area contributed by atoms with Gasteiger partial charge in [0.2, 0.25) is 11.7 Å². The highest BCUT2D eigenvalue weighted by molar-refractivity contribution is 6.01. The van der Waals surface area contributed by atoms with Gasteiger partial charge < -0.3 is 14.8 Å². The van der Waals surface area contributed by atoms with Crippen LogP contribution in [-0.2, 0) is 17.9 Å². The molecule has 1 aromatic heterocycles. The van der Waals surface area contributed by atoms with Gasteiger partial charge in [0.25, 0.3) is 0 Å². The molecule has 0 aliphatic heterocycles. The Labute approximate surface area is 220 Å². The fraction of sp³-hybridized carbons (Fsp3) is 0.143. The summed E-state index contributed by atoms with van der Waals surface area (Å²) in [4.78, 5) is 12.4. The first-order valence-corrected chi connectivity index (χ1v) is 11.6. The van der Waals surface area contributed by atoms with E-state index in [0.717, 1.165) is 15.8 Å². The summed E-state index contributed by atoms with van der Waals surface area (Å²) in [7, 11) is 1.54. The van der Waals surface area contributed by atoms with Crippen molar-refractivity contribution in [2.75, 3.05) is 12.4 Å². The average molecular weight is 543 g/mol. The molecule has 0 saturated carbocycles. The number of nitrogens with one attached hydrogen (secondary N) is 1. The lowest BCUT2D eigenvalue weighted by Gasteiger charge is -2.11. The number of methoxy groups -OCH3 is 1. The zero-order chi connectivity index (χ0) is 28.1. The van der Waals surface area contributed by atoms with Crippen molar-refractivity contribution in [2.45, 2.75) is 20.1 Å². The fourth-order valence-electron chi connectivity index (χ4n) is 3.69. The third-order valence-corrected chi connectivity index (χ3v) is 5.63. The Kier molecular flexibility index (Phi) is 8.28. The summed E-state index contributed by atoms with van der Waals surface area (Å²) in [6, 6.07) is 14.2. The number of benzene rings is 3. The summed E-state index contributed by atoms with van der Waals surface area (Å²) in [6.07, 6.45) is 4.02. The first-order valence-electron chi connectivity index (χ1n) is 11.6. The van der Waals surface area contributed by atoms with Gasteiger partial charge in [0.15, 0.2) is 29.1 Å². The van der Waals surface area contributed by atoms with Crippen molar-refractivity contribution < 1.29 is 36.2 Å². The lowest BCUT2D eigenvalue weighted by atomic mass is 10.1. The molecule has 0 atom stereocenters. The van der Waals surface area contributed by atoms with Crippen LogP contribution in [0.5, 0.6) is 11.5 Å².